The molecule has 0 bridgehead atoms. The highest BCUT2D eigenvalue weighted by atomic mass is 32.2. The quantitative estimate of drug-likeness (QED) is 0.638. The normalized spacial score (nSPS) is 10.8. The van der Waals surface area contributed by atoms with E-state index in [2.05, 4.69) is 15.5 Å². The molecule has 5 nitrogen and oxygen atoms in total. The molecular weight excluding hydrogens is 363 g/mol. The summed E-state index contributed by atoms with van der Waals surface area (Å²) < 4.78 is 15.1. The van der Waals surface area contributed by atoms with E-state index >= 15 is 0 Å². The molecule has 0 aliphatic heterocycles. The first-order valence-corrected chi connectivity index (χ1v) is 9.65. The number of nitrogens with zero attached hydrogens (tertiary/aromatic N) is 3. The van der Waals surface area contributed by atoms with Gasteiger partial charge in [0.2, 0.25) is 5.91 Å². The van der Waals surface area contributed by atoms with E-state index in [0.29, 0.717) is 17.5 Å². The van der Waals surface area contributed by atoms with E-state index < -0.39 is 0 Å². The van der Waals surface area contributed by atoms with Gasteiger partial charge in [-0.05, 0) is 68.3 Å². The lowest BCUT2D eigenvalue weighted by molar-refractivity contribution is -0.113. The van der Waals surface area contributed by atoms with Gasteiger partial charge >= 0.3 is 0 Å². The van der Waals surface area contributed by atoms with Gasteiger partial charge in [0, 0.05) is 17.8 Å². The predicted molar refractivity (Wildman–Crippen MR) is 106 cm³/mol. The maximum Gasteiger partial charge on any atom is 0.234 e. The minimum atomic E-state index is -0.293. The zero-order valence-corrected chi connectivity index (χ0v) is 16.3. The van der Waals surface area contributed by atoms with E-state index in [1.807, 2.05) is 43.5 Å². The molecule has 27 heavy (non-hydrogen) atoms. The smallest absolute Gasteiger partial charge is 0.234 e. The van der Waals surface area contributed by atoms with Crippen LogP contribution in [0.15, 0.2) is 47.6 Å². The van der Waals surface area contributed by atoms with Crippen molar-refractivity contribution in [3.05, 3.63) is 59.4 Å². The monoisotopic (exact) mass is 384 g/mol. The molecule has 1 aromatic heterocycles. The van der Waals surface area contributed by atoms with Crippen LogP contribution in [-0.4, -0.2) is 26.4 Å². The van der Waals surface area contributed by atoms with Crippen LogP contribution in [0.1, 0.15) is 18.1 Å². The first-order valence-electron chi connectivity index (χ1n) is 8.67. The number of aryl methyl sites for hydroxylation is 2. The second-order valence-corrected chi connectivity index (χ2v) is 7.14. The van der Waals surface area contributed by atoms with Crippen LogP contribution in [0.3, 0.4) is 0 Å². The Morgan fingerprint density at radius 3 is 2.52 bits per heavy atom. The van der Waals surface area contributed by atoms with Gasteiger partial charge in [0.1, 0.15) is 5.82 Å². The van der Waals surface area contributed by atoms with Crippen molar-refractivity contribution in [2.45, 2.75) is 32.5 Å². The van der Waals surface area contributed by atoms with Crippen molar-refractivity contribution in [1.29, 1.82) is 0 Å². The molecule has 1 N–H and O–H groups in total. The molecule has 1 amide bonds. The number of nitrogens with one attached hydrogen (secondary N) is 1. The molecule has 0 fully saturated rings. The van der Waals surface area contributed by atoms with Gasteiger partial charge in [0.05, 0.1) is 5.75 Å². The lowest BCUT2D eigenvalue weighted by Gasteiger charge is -2.09. The molecule has 2 aromatic carbocycles. The predicted octanol–water partition coefficient (Wildman–Crippen LogP) is 4.45. The topological polar surface area (TPSA) is 59.8 Å². The number of carbonyl (C=O) groups is 1. The number of benzene rings is 2. The number of hydrogen-bond acceptors (Lipinski definition) is 4. The Morgan fingerprint density at radius 1 is 1.11 bits per heavy atom. The number of carbonyl (C=O) groups excluding carboxylic acids is 1. The van der Waals surface area contributed by atoms with Crippen LogP contribution in [0.25, 0.3) is 11.4 Å². The summed E-state index contributed by atoms with van der Waals surface area (Å²) in [6.07, 6.45) is 0. The average Bonchev–Trinajstić information content (AvgIpc) is 3.06. The van der Waals surface area contributed by atoms with Gasteiger partial charge in [0.15, 0.2) is 11.0 Å². The highest BCUT2D eigenvalue weighted by Gasteiger charge is 2.15. The summed E-state index contributed by atoms with van der Waals surface area (Å²) in [5, 5.41) is 12.0. The molecule has 3 aromatic rings. The van der Waals surface area contributed by atoms with Gasteiger partial charge in [-0.3, -0.25) is 4.79 Å². The van der Waals surface area contributed by atoms with E-state index in [-0.39, 0.29) is 17.5 Å². The van der Waals surface area contributed by atoms with Crippen molar-refractivity contribution in [2.24, 2.45) is 0 Å². The fraction of sp³-hybridized carbons (Fsp3) is 0.250. The molecule has 140 valence electrons. The lowest BCUT2D eigenvalue weighted by Crippen LogP contribution is -2.14. The first kappa shape index (κ1) is 19.1. The van der Waals surface area contributed by atoms with Crippen LogP contribution in [-0.2, 0) is 11.3 Å². The molecule has 0 radical (unpaired) electrons. The summed E-state index contributed by atoms with van der Waals surface area (Å²) in [6.45, 7) is 6.68. The van der Waals surface area contributed by atoms with Gasteiger partial charge < -0.3 is 9.88 Å². The van der Waals surface area contributed by atoms with Gasteiger partial charge in [-0.2, -0.15) is 0 Å². The summed E-state index contributed by atoms with van der Waals surface area (Å²) in [4.78, 5) is 12.3. The highest BCUT2D eigenvalue weighted by Crippen LogP contribution is 2.24. The third kappa shape index (κ3) is 4.54. The van der Waals surface area contributed by atoms with E-state index in [1.165, 1.54) is 29.5 Å². The Balaban J connectivity index is 1.68. The Kier molecular flexibility index (Phi) is 5.91. The number of aromatic nitrogens is 3. The van der Waals surface area contributed by atoms with Gasteiger partial charge in [-0.1, -0.05) is 17.8 Å². The second-order valence-electron chi connectivity index (χ2n) is 6.19. The molecule has 0 unspecified atom stereocenters. The summed E-state index contributed by atoms with van der Waals surface area (Å²) in [5.74, 6) is 0.500. The Labute approximate surface area is 162 Å². The zero-order valence-electron chi connectivity index (χ0n) is 15.5. The summed E-state index contributed by atoms with van der Waals surface area (Å²) >= 11 is 1.33. The van der Waals surface area contributed by atoms with E-state index in [0.717, 1.165) is 16.8 Å². The second kappa shape index (κ2) is 8.35. The molecule has 1 heterocycles. The number of halogens is 1. The first-order chi connectivity index (χ1) is 13.0. The van der Waals surface area contributed by atoms with Crippen molar-refractivity contribution in [2.75, 3.05) is 11.1 Å². The van der Waals surface area contributed by atoms with Crippen molar-refractivity contribution in [1.82, 2.24) is 14.8 Å². The van der Waals surface area contributed by atoms with Crippen LogP contribution in [0.2, 0.25) is 0 Å². The van der Waals surface area contributed by atoms with Crippen molar-refractivity contribution in [3.8, 4) is 11.4 Å². The molecule has 0 saturated carbocycles. The number of hydrogen-bond donors (Lipinski definition) is 1. The van der Waals surface area contributed by atoms with Crippen LogP contribution in [0.5, 0.6) is 0 Å². The van der Waals surface area contributed by atoms with Crippen molar-refractivity contribution < 1.29 is 9.18 Å². The number of thioether (sulfide) groups is 1. The Hall–Kier alpha value is -2.67. The Morgan fingerprint density at radius 2 is 1.85 bits per heavy atom. The third-order valence-corrected chi connectivity index (χ3v) is 5.23. The van der Waals surface area contributed by atoms with Gasteiger partial charge in [0.25, 0.3) is 0 Å². The number of anilines is 1. The van der Waals surface area contributed by atoms with Gasteiger partial charge in [-0.15, -0.1) is 10.2 Å². The van der Waals surface area contributed by atoms with Crippen LogP contribution in [0, 0.1) is 19.7 Å². The largest absolute Gasteiger partial charge is 0.325 e. The van der Waals surface area contributed by atoms with E-state index in [9.17, 15) is 9.18 Å². The summed E-state index contributed by atoms with van der Waals surface area (Å²) in [5.41, 5.74) is 3.90. The van der Waals surface area contributed by atoms with Gasteiger partial charge in [-0.25, -0.2) is 4.39 Å². The highest BCUT2D eigenvalue weighted by molar-refractivity contribution is 7.99. The third-order valence-electron chi connectivity index (χ3n) is 4.26. The average molecular weight is 384 g/mol. The standard InChI is InChI=1S/C20H21FN4OS/c1-4-25-19(15-6-8-16(21)9-7-15)23-24-20(25)27-12-18(26)22-17-10-5-13(2)14(3)11-17/h5-11H,4,12H2,1-3H3,(H,22,26). The molecule has 7 heteroatoms. The number of amides is 1. The fourth-order valence-corrected chi connectivity index (χ4v) is 3.44. The van der Waals surface area contributed by atoms with Crippen LogP contribution >= 0.6 is 11.8 Å². The van der Waals surface area contributed by atoms with Crippen LogP contribution in [0.4, 0.5) is 10.1 Å². The van der Waals surface area contributed by atoms with Crippen molar-refractivity contribution in [3.63, 3.8) is 0 Å². The Bertz CT molecular complexity index is 953. The molecule has 0 atom stereocenters. The minimum absolute atomic E-state index is 0.0998. The van der Waals surface area contributed by atoms with Crippen molar-refractivity contribution >= 4 is 23.4 Å². The molecule has 0 aliphatic rings. The zero-order chi connectivity index (χ0) is 19.4. The molecular formula is C20H21FN4OS. The summed E-state index contributed by atoms with van der Waals surface area (Å²) in [6, 6.07) is 12.0. The fourth-order valence-electron chi connectivity index (χ4n) is 2.64. The number of rotatable bonds is 6. The van der Waals surface area contributed by atoms with E-state index in [4.69, 9.17) is 0 Å². The molecule has 0 aliphatic carbocycles. The van der Waals surface area contributed by atoms with E-state index in [1.54, 1.807) is 12.1 Å². The molecule has 3 rings (SSSR count). The maximum absolute atomic E-state index is 13.1. The maximum atomic E-state index is 13.1. The SMILES string of the molecule is CCn1c(SCC(=O)Nc2ccc(C)c(C)c2)nnc1-c1ccc(F)cc1. The minimum Gasteiger partial charge on any atom is -0.325 e. The molecule has 0 spiro atoms. The summed E-state index contributed by atoms with van der Waals surface area (Å²) in [7, 11) is 0. The lowest BCUT2D eigenvalue weighted by atomic mass is 10.1. The van der Waals surface area contributed by atoms with Crippen LogP contribution < -0.4 is 5.32 Å². The molecule has 0 saturated heterocycles.